The number of hydrogen-bond donors (Lipinski definition) is 3. The number of amides is 2. The molecule has 2 rings (SSSR count). The van der Waals surface area contributed by atoms with Gasteiger partial charge in [0.1, 0.15) is 5.82 Å². The van der Waals surface area contributed by atoms with Crippen LogP contribution < -0.4 is 10.6 Å². The summed E-state index contributed by atoms with van der Waals surface area (Å²) in [6, 6.07) is 4.36. The van der Waals surface area contributed by atoms with Gasteiger partial charge in [0.25, 0.3) is 0 Å². The van der Waals surface area contributed by atoms with E-state index in [1.54, 1.807) is 13.0 Å². The van der Waals surface area contributed by atoms with E-state index in [9.17, 15) is 14.0 Å². The number of carbonyl (C=O) groups is 2. The highest BCUT2D eigenvalue weighted by Crippen LogP contribution is 2.14. The molecule has 0 bridgehead atoms. The second kappa shape index (κ2) is 6.04. The maximum atomic E-state index is 13.2. The van der Waals surface area contributed by atoms with E-state index in [4.69, 9.17) is 9.63 Å². The third-order valence-electron chi connectivity index (χ3n) is 2.55. The minimum atomic E-state index is -1.41. The summed E-state index contributed by atoms with van der Waals surface area (Å²) in [5.74, 6) is -1.80. The number of nitrogens with zero attached hydrogens (tertiary/aromatic N) is 1. The standard InChI is InChI=1S/C13H12FN3O4/c1-7-4-9(21-17-7)6-15-13(20)16-8-2-3-11(14)10(5-8)12(18)19/h2-5H,6H2,1H3,(H,18,19)(H2,15,16,20). The van der Waals surface area contributed by atoms with E-state index >= 15 is 0 Å². The van der Waals surface area contributed by atoms with Crippen LogP contribution >= 0.6 is 0 Å². The number of anilines is 1. The molecule has 1 aromatic carbocycles. The zero-order valence-electron chi connectivity index (χ0n) is 11.0. The van der Waals surface area contributed by atoms with Gasteiger partial charge in [0.15, 0.2) is 5.76 Å². The maximum Gasteiger partial charge on any atom is 0.338 e. The lowest BCUT2D eigenvalue weighted by atomic mass is 10.2. The lowest BCUT2D eigenvalue weighted by Crippen LogP contribution is -2.28. The average molecular weight is 293 g/mol. The number of hydrogen-bond acceptors (Lipinski definition) is 4. The second-order valence-electron chi connectivity index (χ2n) is 4.24. The fourth-order valence-corrected chi connectivity index (χ4v) is 1.61. The molecule has 0 atom stereocenters. The highest BCUT2D eigenvalue weighted by molar-refractivity contribution is 5.93. The Hall–Kier alpha value is -2.90. The van der Waals surface area contributed by atoms with Gasteiger partial charge in [-0.1, -0.05) is 5.16 Å². The molecule has 2 amide bonds. The van der Waals surface area contributed by atoms with Crippen LogP contribution in [0, 0.1) is 12.7 Å². The Morgan fingerprint density at radius 1 is 1.38 bits per heavy atom. The average Bonchev–Trinajstić information content (AvgIpc) is 2.84. The van der Waals surface area contributed by atoms with Crippen molar-refractivity contribution in [1.82, 2.24) is 10.5 Å². The van der Waals surface area contributed by atoms with Gasteiger partial charge >= 0.3 is 12.0 Å². The number of carboxylic acid groups (broad SMARTS) is 1. The van der Waals surface area contributed by atoms with Crippen molar-refractivity contribution in [2.24, 2.45) is 0 Å². The molecule has 2 aromatic rings. The fraction of sp³-hybridized carbons (Fsp3) is 0.154. The van der Waals surface area contributed by atoms with Gasteiger partial charge in [0.2, 0.25) is 0 Å². The monoisotopic (exact) mass is 293 g/mol. The first-order chi connectivity index (χ1) is 9.95. The number of rotatable bonds is 4. The summed E-state index contributed by atoms with van der Waals surface area (Å²) in [4.78, 5) is 22.4. The van der Waals surface area contributed by atoms with E-state index in [0.717, 1.165) is 12.1 Å². The van der Waals surface area contributed by atoms with Crippen LogP contribution in [0.15, 0.2) is 28.8 Å². The van der Waals surface area contributed by atoms with Gasteiger partial charge in [-0.3, -0.25) is 0 Å². The lowest BCUT2D eigenvalue weighted by Gasteiger charge is -2.07. The van der Waals surface area contributed by atoms with Gasteiger partial charge in [-0.05, 0) is 25.1 Å². The van der Waals surface area contributed by atoms with Crippen molar-refractivity contribution < 1.29 is 23.6 Å². The molecule has 0 fully saturated rings. The van der Waals surface area contributed by atoms with Gasteiger partial charge in [-0.2, -0.15) is 0 Å². The molecule has 0 spiro atoms. The topological polar surface area (TPSA) is 104 Å². The Morgan fingerprint density at radius 3 is 2.76 bits per heavy atom. The number of halogens is 1. The van der Waals surface area contributed by atoms with E-state index in [-0.39, 0.29) is 12.2 Å². The van der Waals surface area contributed by atoms with Crippen LogP contribution in [0.3, 0.4) is 0 Å². The summed E-state index contributed by atoms with van der Waals surface area (Å²) >= 11 is 0. The van der Waals surface area contributed by atoms with Gasteiger partial charge in [-0.15, -0.1) is 0 Å². The Kier molecular flexibility index (Phi) is 4.17. The number of carbonyl (C=O) groups excluding carboxylic acids is 1. The molecule has 0 aliphatic heterocycles. The van der Waals surface area contributed by atoms with E-state index < -0.39 is 23.4 Å². The smallest absolute Gasteiger partial charge is 0.338 e. The van der Waals surface area contributed by atoms with Crippen LogP contribution in [0.1, 0.15) is 21.8 Å². The first kappa shape index (κ1) is 14.5. The van der Waals surface area contributed by atoms with Gasteiger partial charge in [-0.25, -0.2) is 14.0 Å². The third kappa shape index (κ3) is 3.78. The molecule has 0 aliphatic carbocycles. The van der Waals surface area contributed by atoms with Crippen molar-refractivity contribution >= 4 is 17.7 Å². The Balaban J connectivity index is 1.96. The highest BCUT2D eigenvalue weighted by Gasteiger charge is 2.12. The molecule has 1 aromatic heterocycles. The molecule has 0 unspecified atom stereocenters. The summed E-state index contributed by atoms with van der Waals surface area (Å²) in [6.07, 6.45) is 0. The fourth-order valence-electron chi connectivity index (χ4n) is 1.61. The number of aromatic nitrogens is 1. The van der Waals surface area contributed by atoms with Crippen molar-refractivity contribution in [3.05, 3.63) is 47.1 Å². The predicted molar refractivity (Wildman–Crippen MR) is 70.5 cm³/mol. The van der Waals surface area contributed by atoms with Gasteiger partial charge in [0, 0.05) is 11.8 Å². The molecule has 0 saturated carbocycles. The minimum Gasteiger partial charge on any atom is -0.478 e. The zero-order chi connectivity index (χ0) is 15.4. The van der Waals surface area contributed by atoms with Crippen LogP contribution in [-0.4, -0.2) is 22.3 Å². The Bertz CT molecular complexity index is 684. The quantitative estimate of drug-likeness (QED) is 0.801. The first-order valence-electron chi connectivity index (χ1n) is 5.95. The summed E-state index contributed by atoms with van der Waals surface area (Å²) < 4.78 is 18.1. The SMILES string of the molecule is Cc1cc(CNC(=O)Nc2ccc(F)c(C(=O)O)c2)on1. The predicted octanol–water partition coefficient (Wildman–Crippen LogP) is 2.14. The summed E-state index contributed by atoms with van der Waals surface area (Å²) in [5, 5.41) is 17.4. The molecular formula is C13H12FN3O4. The first-order valence-corrected chi connectivity index (χ1v) is 5.95. The van der Waals surface area contributed by atoms with Crippen LogP contribution in [0.25, 0.3) is 0 Å². The molecule has 8 heteroatoms. The third-order valence-corrected chi connectivity index (χ3v) is 2.55. The highest BCUT2D eigenvalue weighted by atomic mass is 19.1. The number of nitrogens with one attached hydrogen (secondary N) is 2. The molecule has 21 heavy (non-hydrogen) atoms. The molecule has 110 valence electrons. The van der Waals surface area contributed by atoms with E-state index in [1.807, 2.05) is 0 Å². The summed E-state index contributed by atoms with van der Waals surface area (Å²) in [5.41, 5.74) is 0.343. The van der Waals surface area contributed by atoms with Crippen molar-refractivity contribution in [3.63, 3.8) is 0 Å². The Labute approximate surface area is 118 Å². The summed E-state index contributed by atoms with van der Waals surface area (Å²) in [6.45, 7) is 1.87. The van der Waals surface area contributed by atoms with E-state index in [2.05, 4.69) is 15.8 Å². The van der Waals surface area contributed by atoms with Crippen LogP contribution in [0.2, 0.25) is 0 Å². The van der Waals surface area contributed by atoms with E-state index in [0.29, 0.717) is 11.5 Å². The molecule has 0 saturated heterocycles. The van der Waals surface area contributed by atoms with Crippen LogP contribution in [0.5, 0.6) is 0 Å². The van der Waals surface area contributed by atoms with E-state index in [1.165, 1.54) is 6.07 Å². The molecule has 0 aliphatic rings. The number of benzene rings is 1. The number of urea groups is 1. The number of aryl methyl sites for hydroxylation is 1. The Morgan fingerprint density at radius 2 is 2.14 bits per heavy atom. The van der Waals surface area contributed by atoms with Crippen molar-refractivity contribution in [3.8, 4) is 0 Å². The molecule has 3 N–H and O–H groups in total. The van der Waals surface area contributed by atoms with Crippen molar-refractivity contribution in [1.29, 1.82) is 0 Å². The normalized spacial score (nSPS) is 10.2. The molecule has 7 nitrogen and oxygen atoms in total. The molecule has 1 heterocycles. The number of aromatic carboxylic acids is 1. The molecule has 0 radical (unpaired) electrons. The van der Waals surface area contributed by atoms with Crippen LogP contribution in [-0.2, 0) is 6.54 Å². The molecular weight excluding hydrogens is 281 g/mol. The van der Waals surface area contributed by atoms with Crippen molar-refractivity contribution in [2.75, 3.05) is 5.32 Å². The van der Waals surface area contributed by atoms with Gasteiger partial charge in [0.05, 0.1) is 17.8 Å². The zero-order valence-corrected chi connectivity index (χ0v) is 11.0. The van der Waals surface area contributed by atoms with Gasteiger partial charge < -0.3 is 20.3 Å². The maximum absolute atomic E-state index is 13.2. The van der Waals surface area contributed by atoms with Crippen molar-refractivity contribution in [2.45, 2.75) is 13.5 Å². The minimum absolute atomic E-state index is 0.125. The van der Waals surface area contributed by atoms with Crippen LogP contribution in [0.4, 0.5) is 14.9 Å². The largest absolute Gasteiger partial charge is 0.478 e. The second-order valence-corrected chi connectivity index (χ2v) is 4.24. The summed E-state index contributed by atoms with van der Waals surface area (Å²) in [7, 11) is 0. The number of carboxylic acids is 1. The lowest BCUT2D eigenvalue weighted by molar-refractivity contribution is 0.0692.